The van der Waals surface area contributed by atoms with Crippen molar-refractivity contribution in [1.29, 1.82) is 0 Å². The number of halogens is 1. The first-order valence-electron chi connectivity index (χ1n) is 6.63. The Morgan fingerprint density at radius 1 is 1.10 bits per heavy atom. The van der Waals surface area contributed by atoms with Crippen LogP contribution in [-0.4, -0.2) is 17.6 Å². The van der Waals surface area contributed by atoms with Crippen molar-refractivity contribution >= 4 is 27.5 Å². The van der Waals surface area contributed by atoms with Crippen molar-refractivity contribution in [2.45, 2.75) is 13.2 Å². The molecule has 0 fully saturated rings. The first-order chi connectivity index (χ1) is 10.2. The topological polar surface area (TPSA) is 61.4 Å². The maximum atomic E-state index is 11.8. The van der Waals surface area contributed by atoms with Gasteiger partial charge in [0, 0.05) is 22.3 Å². The highest BCUT2D eigenvalue weighted by atomic mass is 79.9. The molecule has 2 aromatic carbocycles. The fourth-order valence-electron chi connectivity index (χ4n) is 1.92. The molecule has 0 aliphatic heterocycles. The van der Waals surface area contributed by atoms with Crippen LogP contribution in [0.4, 0.5) is 5.69 Å². The lowest BCUT2D eigenvalue weighted by atomic mass is 10.2. The van der Waals surface area contributed by atoms with Gasteiger partial charge in [0.1, 0.15) is 0 Å². The second-order valence-corrected chi connectivity index (χ2v) is 5.39. The van der Waals surface area contributed by atoms with Gasteiger partial charge in [0.2, 0.25) is 5.91 Å². The van der Waals surface area contributed by atoms with Gasteiger partial charge in [-0.3, -0.25) is 4.79 Å². The standard InChI is InChI=1S/C16H17BrN2O2/c17-14-7-4-8-15(13(14)11-20)18-10-16(21)19-9-12-5-2-1-3-6-12/h1-8,18,20H,9-11H2,(H,19,21). The van der Waals surface area contributed by atoms with Crippen molar-refractivity contribution in [3.63, 3.8) is 0 Å². The van der Waals surface area contributed by atoms with E-state index in [1.807, 2.05) is 48.5 Å². The fraction of sp³-hybridized carbons (Fsp3) is 0.188. The maximum absolute atomic E-state index is 11.8. The number of rotatable bonds is 6. The normalized spacial score (nSPS) is 10.2. The molecular weight excluding hydrogens is 332 g/mol. The number of benzene rings is 2. The molecule has 0 aromatic heterocycles. The van der Waals surface area contributed by atoms with Crippen LogP contribution in [0.15, 0.2) is 53.0 Å². The first-order valence-corrected chi connectivity index (χ1v) is 7.42. The first kappa shape index (κ1) is 15.5. The van der Waals surface area contributed by atoms with Crippen molar-refractivity contribution in [3.05, 3.63) is 64.1 Å². The Labute approximate surface area is 132 Å². The van der Waals surface area contributed by atoms with E-state index in [1.54, 1.807) is 0 Å². The van der Waals surface area contributed by atoms with E-state index in [4.69, 9.17) is 0 Å². The highest BCUT2D eigenvalue weighted by Gasteiger charge is 2.07. The zero-order valence-electron chi connectivity index (χ0n) is 11.5. The number of hydrogen-bond donors (Lipinski definition) is 3. The summed E-state index contributed by atoms with van der Waals surface area (Å²) in [4.78, 5) is 11.8. The third-order valence-electron chi connectivity index (χ3n) is 3.05. The molecule has 0 atom stereocenters. The number of aliphatic hydroxyl groups excluding tert-OH is 1. The number of nitrogens with one attached hydrogen (secondary N) is 2. The molecule has 0 bridgehead atoms. The quantitative estimate of drug-likeness (QED) is 0.752. The van der Waals surface area contributed by atoms with Gasteiger partial charge in [0.25, 0.3) is 0 Å². The van der Waals surface area contributed by atoms with Crippen LogP contribution in [-0.2, 0) is 17.9 Å². The van der Waals surface area contributed by atoms with Crippen LogP contribution in [0.1, 0.15) is 11.1 Å². The minimum absolute atomic E-state index is 0.0879. The summed E-state index contributed by atoms with van der Waals surface area (Å²) in [6.07, 6.45) is 0. The molecule has 0 unspecified atom stereocenters. The molecule has 0 aliphatic rings. The van der Waals surface area contributed by atoms with Crippen LogP contribution in [0.2, 0.25) is 0 Å². The molecule has 2 aromatic rings. The Kier molecular flexibility index (Phi) is 5.78. The summed E-state index contributed by atoms with van der Waals surface area (Å²) >= 11 is 3.38. The molecule has 1 amide bonds. The van der Waals surface area contributed by atoms with Crippen molar-refractivity contribution in [3.8, 4) is 0 Å². The lowest BCUT2D eigenvalue weighted by Gasteiger charge is -2.12. The van der Waals surface area contributed by atoms with Crippen LogP contribution >= 0.6 is 15.9 Å². The molecule has 2 rings (SSSR count). The van der Waals surface area contributed by atoms with E-state index in [0.717, 1.165) is 21.3 Å². The van der Waals surface area contributed by atoms with Crippen molar-refractivity contribution < 1.29 is 9.90 Å². The third-order valence-corrected chi connectivity index (χ3v) is 3.79. The molecule has 0 saturated carbocycles. The number of anilines is 1. The lowest BCUT2D eigenvalue weighted by molar-refractivity contribution is -0.119. The van der Waals surface area contributed by atoms with Crippen molar-refractivity contribution in [2.75, 3.05) is 11.9 Å². The lowest BCUT2D eigenvalue weighted by Crippen LogP contribution is -2.29. The molecule has 4 nitrogen and oxygen atoms in total. The molecule has 0 spiro atoms. The summed E-state index contributed by atoms with van der Waals surface area (Å²) in [5, 5.41) is 15.2. The predicted molar refractivity (Wildman–Crippen MR) is 86.8 cm³/mol. The van der Waals surface area contributed by atoms with Crippen LogP contribution in [0, 0.1) is 0 Å². The highest BCUT2D eigenvalue weighted by Crippen LogP contribution is 2.24. The van der Waals surface area contributed by atoms with Gasteiger partial charge in [-0.05, 0) is 17.7 Å². The third kappa shape index (κ3) is 4.58. The Balaban J connectivity index is 1.86. The van der Waals surface area contributed by atoms with Crippen LogP contribution in [0.25, 0.3) is 0 Å². The minimum Gasteiger partial charge on any atom is -0.392 e. The van der Waals surface area contributed by atoms with Crippen molar-refractivity contribution in [1.82, 2.24) is 5.32 Å². The number of carbonyl (C=O) groups excluding carboxylic acids is 1. The zero-order valence-corrected chi connectivity index (χ0v) is 13.1. The molecule has 5 heteroatoms. The smallest absolute Gasteiger partial charge is 0.239 e. The van der Waals surface area contributed by atoms with Gasteiger partial charge in [-0.15, -0.1) is 0 Å². The molecule has 110 valence electrons. The summed E-state index contributed by atoms with van der Waals surface area (Å²) in [5.74, 6) is -0.0947. The molecular formula is C16H17BrN2O2. The van der Waals surface area contributed by atoms with Gasteiger partial charge < -0.3 is 15.7 Å². The van der Waals surface area contributed by atoms with E-state index in [-0.39, 0.29) is 19.1 Å². The van der Waals surface area contributed by atoms with E-state index in [1.165, 1.54) is 0 Å². The summed E-state index contributed by atoms with van der Waals surface area (Å²) in [7, 11) is 0. The van der Waals surface area contributed by atoms with E-state index >= 15 is 0 Å². The molecule has 21 heavy (non-hydrogen) atoms. The number of aliphatic hydroxyl groups is 1. The summed E-state index contributed by atoms with van der Waals surface area (Å²) in [6.45, 7) is 0.582. The minimum atomic E-state index is -0.0947. The molecule has 0 aliphatic carbocycles. The number of carbonyl (C=O) groups is 1. The van der Waals surface area contributed by atoms with Gasteiger partial charge in [0.15, 0.2) is 0 Å². The second kappa shape index (κ2) is 7.81. The number of amides is 1. The summed E-state index contributed by atoms with van der Waals surface area (Å²) < 4.78 is 0.819. The molecule has 3 N–H and O–H groups in total. The van der Waals surface area contributed by atoms with Crippen LogP contribution in [0.3, 0.4) is 0 Å². The van der Waals surface area contributed by atoms with E-state index in [0.29, 0.717) is 6.54 Å². The molecule has 0 heterocycles. The van der Waals surface area contributed by atoms with Gasteiger partial charge in [0.05, 0.1) is 13.2 Å². The Hall–Kier alpha value is -1.85. The van der Waals surface area contributed by atoms with E-state index in [9.17, 15) is 9.90 Å². The average Bonchev–Trinajstić information content (AvgIpc) is 2.52. The van der Waals surface area contributed by atoms with Gasteiger partial charge in [-0.1, -0.05) is 52.3 Å². The van der Waals surface area contributed by atoms with Gasteiger partial charge >= 0.3 is 0 Å². The summed E-state index contributed by atoms with van der Waals surface area (Å²) in [5.41, 5.74) is 2.56. The average molecular weight is 349 g/mol. The second-order valence-electron chi connectivity index (χ2n) is 4.54. The fourth-order valence-corrected chi connectivity index (χ4v) is 2.41. The number of hydrogen-bond acceptors (Lipinski definition) is 3. The highest BCUT2D eigenvalue weighted by molar-refractivity contribution is 9.10. The predicted octanol–water partition coefficient (Wildman–Crippen LogP) is 2.67. The van der Waals surface area contributed by atoms with Crippen molar-refractivity contribution in [2.24, 2.45) is 0 Å². The van der Waals surface area contributed by atoms with Gasteiger partial charge in [-0.2, -0.15) is 0 Å². The zero-order chi connectivity index (χ0) is 15.1. The van der Waals surface area contributed by atoms with Gasteiger partial charge in [-0.25, -0.2) is 0 Å². The molecule has 0 saturated heterocycles. The summed E-state index contributed by atoms with van der Waals surface area (Å²) in [6, 6.07) is 15.3. The molecule has 0 radical (unpaired) electrons. The van der Waals surface area contributed by atoms with E-state index in [2.05, 4.69) is 26.6 Å². The monoisotopic (exact) mass is 348 g/mol. The Bertz CT molecular complexity index is 602. The van der Waals surface area contributed by atoms with Crippen LogP contribution < -0.4 is 10.6 Å². The van der Waals surface area contributed by atoms with E-state index < -0.39 is 0 Å². The largest absolute Gasteiger partial charge is 0.392 e. The Morgan fingerprint density at radius 2 is 1.86 bits per heavy atom. The SMILES string of the molecule is O=C(CNc1cccc(Br)c1CO)NCc1ccccc1. The maximum Gasteiger partial charge on any atom is 0.239 e. The van der Waals surface area contributed by atoms with Crippen LogP contribution in [0.5, 0.6) is 0 Å². The Morgan fingerprint density at radius 3 is 2.57 bits per heavy atom.